The maximum Gasteiger partial charge on any atom is 0.317 e. The number of piperidine rings is 1. The third-order valence-electron chi connectivity index (χ3n) is 3.87. The molecule has 0 bridgehead atoms. The summed E-state index contributed by atoms with van der Waals surface area (Å²) in [6.45, 7) is 0.970. The van der Waals surface area contributed by atoms with Gasteiger partial charge in [-0.1, -0.05) is 0 Å². The Morgan fingerprint density at radius 2 is 2.17 bits per heavy atom. The topological polar surface area (TPSA) is 101 Å². The van der Waals surface area contributed by atoms with Crippen LogP contribution in [-0.2, 0) is 16.9 Å². The van der Waals surface area contributed by atoms with Crippen molar-refractivity contribution in [3.8, 4) is 0 Å². The highest BCUT2D eigenvalue weighted by atomic mass is 32.2. The van der Waals surface area contributed by atoms with Crippen molar-refractivity contribution in [2.24, 2.45) is 13.0 Å². The van der Waals surface area contributed by atoms with E-state index in [9.17, 15) is 18.0 Å². The van der Waals surface area contributed by atoms with Crippen LogP contribution in [0.3, 0.4) is 0 Å². The van der Waals surface area contributed by atoms with Crippen LogP contribution in [0.2, 0.25) is 0 Å². The predicted molar refractivity (Wildman–Crippen MR) is 84.9 cm³/mol. The van der Waals surface area contributed by atoms with Gasteiger partial charge in [0.15, 0.2) is 5.82 Å². The van der Waals surface area contributed by atoms with Gasteiger partial charge >= 0.3 is 6.03 Å². The second-order valence-electron chi connectivity index (χ2n) is 5.87. The molecule has 1 aromatic heterocycles. The SMILES string of the molecule is Cn1ccnc1C(=O)[C@H]1CCCN(C(=O)NCCS(C)(=O)=O)C1. The van der Waals surface area contributed by atoms with E-state index in [1.807, 2.05) is 0 Å². The number of urea groups is 1. The molecule has 2 heterocycles. The van der Waals surface area contributed by atoms with Crippen molar-refractivity contribution in [3.63, 3.8) is 0 Å². The Morgan fingerprint density at radius 3 is 2.78 bits per heavy atom. The lowest BCUT2D eigenvalue weighted by Crippen LogP contribution is -2.48. The van der Waals surface area contributed by atoms with Crippen molar-refractivity contribution in [2.45, 2.75) is 12.8 Å². The first-order valence-electron chi connectivity index (χ1n) is 7.50. The summed E-state index contributed by atoms with van der Waals surface area (Å²) in [5.41, 5.74) is 0. The number of likely N-dealkylation sites (tertiary alicyclic amines) is 1. The first kappa shape index (κ1) is 17.5. The monoisotopic (exact) mass is 342 g/mol. The van der Waals surface area contributed by atoms with Crippen molar-refractivity contribution in [3.05, 3.63) is 18.2 Å². The molecule has 1 atom stereocenters. The van der Waals surface area contributed by atoms with Crippen LogP contribution < -0.4 is 5.32 Å². The molecule has 128 valence electrons. The Bertz CT molecular complexity index is 683. The number of rotatable bonds is 5. The van der Waals surface area contributed by atoms with Gasteiger partial charge in [-0.15, -0.1) is 0 Å². The van der Waals surface area contributed by atoms with E-state index in [0.717, 1.165) is 19.1 Å². The molecule has 2 amide bonds. The van der Waals surface area contributed by atoms with Gasteiger partial charge in [-0.3, -0.25) is 4.79 Å². The van der Waals surface area contributed by atoms with Gasteiger partial charge < -0.3 is 14.8 Å². The Morgan fingerprint density at radius 1 is 1.43 bits per heavy atom. The third-order valence-corrected chi connectivity index (χ3v) is 4.82. The standard InChI is InChI=1S/C14H22N4O4S/c1-17-8-5-15-13(17)12(19)11-4-3-7-18(10-11)14(20)16-6-9-23(2,21)22/h5,8,11H,3-4,6-7,9-10H2,1-2H3,(H,16,20)/t11-/m0/s1. The van der Waals surface area contributed by atoms with Crippen molar-refractivity contribution in [1.82, 2.24) is 19.8 Å². The molecule has 1 fully saturated rings. The molecule has 1 N–H and O–H groups in total. The number of sulfone groups is 1. The molecule has 1 saturated heterocycles. The highest BCUT2D eigenvalue weighted by molar-refractivity contribution is 7.90. The molecule has 23 heavy (non-hydrogen) atoms. The maximum absolute atomic E-state index is 12.5. The minimum Gasteiger partial charge on any atom is -0.337 e. The minimum atomic E-state index is -3.11. The van der Waals surface area contributed by atoms with Crippen molar-refractivity contribution in [2.75, 3.05) is 31.6 Å². The number of Topliss-reactive ketones (excluding diaryl/α,β-unsaturated/α-hetero) is 1. The number of amides is 2. The molecule has 1 aliphatic heterocycles. The Labute approximate surface area is 135 Å². The first-order chi connectivity index (χ1) is 10.8. The zero-order chi connectivity index (χ0) is 17.0. The summed E-state index contributed by atoms with van der Waals surface area (Å²) in [6, 6.07) is -0.328. The number of nitrogens with one attached hydrogen (secondary N) is 1. The molecule has 0 aliphatic carbocycles. The van der Waals surface area contributed by atoms with Crippen molar-refractivity contribution in [1.29, 1.82) is 0 Å². The molecule has 1 aliphatic rings. The molecule has 1 aromatic rings. The van der Waals surface area contributed by atoms with E-state index in [1.165, 1.54) is 0 Å². The fraction of sp³-hybridized carbons (Fsp3) is 0.643. The number of aryl methyl sites for hydroxylation is 1. The Balaban J connectivity index is 1.91. The molecule has 0 unspecified atom stereocenters. The summed E-state index contributed by atoms with van der Waals surface area (Å²) in [5.74, 6) is -0.0339. The number of nitrogens with zero attached hydrogens (tertiary/aromatic N) is 3. The van der Waals surface area contributed by atoms with E-state index >= 15 is 0 Å². The number of imidazole rings is 1. The average molecular weight is 342 g/mol. The van der Waals surface area contributed by atoms with E-state index in [2.05, 4.69) is 10.3 Å². The zero-order valence-corrected chi connectivity index (χ0v) is 14.2. The molecule has 2 rings (SSSR count). The van der Waals surface area contributed by atoms with E-state index in [1.54, 1.807) is 28.9 Å². The summed E-state index contributed by atoms with van der Waals surface area (Å²) in [5, 5.41) is 2.59. The second-order valence-corrected chi connectivity index (χ2v) is 8.13. The van der Waals surface area contributed by atoms with Gasteiger partial charge in [0.05, 0.1) is 5.75 Å². The lowest BCUT2D eigenvalue weighted by Gasteiger charge is -2.31. The largest absolute Gasteiger partial charge is 0.337 e. The smallest absolute Gasteiger partial charge is 0.317 e. The van der Waals surface area contributed by atoms with E-state index in [0.29, 0.717) is 18.9 Å². The van der Waals surface area contributed by atoms with Gasteiger partial charge in [-0.05, 0) is 12.8 Å². The molecule has 8 nitrogen and oxygen atoms in total. The number of hydrogen-bond donors (Lipinski definition) is 1. The number of aromatic nitrogens is 2. The average Bonchev–Trinajstić information content (AvgIpc) is 2.91. The molecule has 0 radical (unpaired) electrons. The second kappa shape index (κ2) is 7.12. The number of hydrogen-bond acceptors (Lipinski definition) is 5. The first-order valence-corrected chi connectivity index (χ1v) is 9.56. The highest BCUT2D eigenvalue weighted by Crippen LogP contribution is 2.20. The summed E-state index contributed by atoms with van der Waals surface area (Å²) >= 11 is 0. The summed E-state index contributed by atoms with van der Waals surface area (Å²) in [6.07, 6.45) is 5.87. The molecule has 9 heteroatoms. The van der Waals surface area contributed by atoms with Crippen molar-refractivity contribution >= 4 is 21.7 Å². The maximum atomic E-state index is 12.5. The molecule has 0 saturated carbocycles. The quantitative estimate of drug-likeness (QED) is 0.763. The number of carbonyl (C=O) groups excluding carboxylic acids is 2. The van der Waals surface area contributed by atoms with Crippen LogP contribution in [0.15, 0.2) is 12.4 Å². The minimum absolute atomic E-state index is 0.0638. The fourth-order valence-corrected chi connectivity index (χ4v) is 3.09. The summed E-state index contributed by atoms with van der Waals surface area (Å²) in [4.78, 5) is 30.2. The van der Waals surface area contributed by atoms with Crippen LogP contribution in [0.4, 0.5) is 4.79 Å². The van der Waals surface area contributed by atoms with Gasteiger partial charge in [0.25, 0.3) is 0 Å². The number of carbonyl (C=O) groups is 2. The predicted octanol–water partition coefficient (Wildman–Crippen LogP) is 0.0690. The fourth-order valence-electron chi connectivity index (χ4n) is 2.62. The van der Waals surface area contributed by atoms with Crippen LogP contribution >= 0.6 is 0 Å². The lowest BCUT2D eigenvalue weighted by atomic mass is 9.93. The van der Waals surface area contributed by atoms with Gasteiger partial charge in [-0.2, -0.15) is 0 Å². The third kappa shape index (κ3) is 4.78. The Hall–Kier alpha value is -1.90. The van der Waals surface area contributed by atoms with E-state index in [4.69, 9.17) is 0 Å². The van der Waals surface area contributed by atoms with Gasteiger partial charge in [0.1, 0.15) is 9.84 Å². The normalized spacial score (nSPS) is 18.7. The summed E-state index contributed by atoms with van der Waals surface area (Å²) < 4.78 is 23.8. The molecular weight excluding hydrogens is 320 g/mol. The highest BCUT2D eigenvalue weighted by Gasteiger charge is 2.30. The van der Waals surface area contributed by atoms with Gasteiger partial charge in [0.2, 0.25) is 5.78 Å². The van der Waals surface area contributed by atoms with E-state index in [-0.39, 0.29) is 30.0 Å². The lowest BCUT2D eigenvalue weighted by molar-refractivity contribution is 0.0832. The van der Waals surface area contributed by atoms with Gasteiger partial charge in [-0.25, -0.2) is 18.2 Å². The van der Waals surface area contributed by atoms with Crippen LogP contribution in [0.5, 0.6) is 0 Å². The molecule has 0 spiro atoms. The van der Waals surface area contributed by atoms with Crippen LogP contribution in [0.1, 0.15) is 23.5 Å². The number of ketones is 1. The summed E-state index contributed by atoms with van der Waals surface area (Å²) in [7, 11) is -1.34. The van der Waals surface area contributed by atoms with E-state index < -0.39 is 9.84 Å². The van der Waals surface area contributed by atoms with Crippen molar-refractivity contribution < 1.29 is 18.0 Å². The zero-order valence-electron chi connectivity index (χ0n) is 13.4. The van der Waals surface area contributed by atoms with Crippen LogP contribution in [-0.4, -0.2) is 66.3 Å². The van der Waals surface area contributed by atoms with Gasteiger partial charge in [0, 0.05) is 51.2 Å². The van der Waals surface area contributed by atoms with Crippen LogP contribution in [0.25, 0.3) is 0 Å². The molecule has 0 aromatic carbocycles. The van der Waals surface area contributed by atoms with Crippen LogP contribution in [0, 0.1) is 5.92 Å². The molecular formula is C14H22N4O4S. The Kier molecular flexibility index (Phi) is 5.40.